The molecule has 2 rings (SSSR count). The van der Waals surface area contributed by atoms with Crippen LogP contribution in [0.4, 0.5) is 0 Å². The SMILES string of the molecule is CCN(Cc1sc(C)nc1C)CC1CCCNC1. The van der Waals surface area contributed by atoms with Gasteiger partial charge in [0.1, 0.15) is 0 Å². The lowest BCUT2D eigenvalue weighted by Gasteiger charge is -2.29. The zero-order chi connectivity index (χ0) is 13.0. The van der Waals surface area contributed by atoms with E-state index in [0.717, 1.165) is 19.0 Å². The van der Waals surface area contributed by atoms with Gasteiger partial charge in [0.15, 0.2) is 0 Å². The van der Waals surface area contributed by atoms with Gasteiger partial charge in [0.05, 0.1) is 10.7 Å². The highest BCUT2D eigenvalue weighted by molar-refractivity contribution is 7.11. The molecule has 0 amide bonds. The fourth-order valence-corrected chi connectivity index (χ4v) is 3.65. The van der Waals surface area contributed by atoms with Crippen LogP contribution in [-0.4, -0.2) is 36.1 Å². The third-order valence-electron chi connectivity index (χ3n) is 3.73. The number of nitrogens with zero attached hydrogens (tertiary/aromatic N) is 2. The average molecular weight is 267 g/mol. The molecule has 1 aliphatic heterocycles. The van der Waals surface area contributed by atoms with E-state index in [9.17, 15) is 0 Å². The Labute approximate surface area is 115 Å². The molecule has 1 saturated heterocycles. The highest BCUT2D eigenvalue weighted by Crippen LogP contribution is 2.20. The van der Waals surface area contributed by atoms with E-state index < -0.39 is 0 Å². The van der Waals surface area contributed by atoms with E-state index >= 15 is 0 Å². The van der Waals surface area contributed by atoms with Gasteiger partial charge < -0.3 is 5.32 Å². The van der Waals surface area contributed by atoms with Crippen molar-refractivity contribution in [3.8, 4) is 0 Å². The van der Waals surface area contributed by atoms with Crippen LogP contribution in [-0.2, 0) is 6.54 Å². The van der Waals surface area contributed by atoms with E-state index in [1.807, 2.05) is 11.3 Å². The summed E-state index contributed by atoms with van der Waals surface area (Å²) in [5.74, 6) is 0.827. The van der Waals surface area contributed by atoms with Crippen molar-refractivity contribution in [3.63, 3.8) is 0 Å². The average Bonchev–Trinajstić information content (AvgIpc) is 2.68. The van der Waals surface area contributed by atoms with E-state index in [-0.39, 0.29) is 0 Å². The van der Waals surface area contributed by atoms with Gasteiger partial charge in [0.25, 0.3) is 0 Å². The van der Waals surface area contributed by atoms with Crippen LogP contribution >= 0.6 is 11.3 Å². The molecule has 1 aromatic rings. The molecule has 1 aliphatic rings. The minimum Gasteiger partial charge on any atom is -0.316 e. The Hall–Kier alpha value is -0.450. The molecule has 0 spiro atoms. The summed E-state index contributed by atoms with van der Waals surface area (Å²) >= 11 is 1.85. The topological polar surface area (TPSA) is 28.2 Å². The predicted octanol–water partition coefficient (Wildman–Crippen LogP) is 2.58. The number of hydrogen-bond acceptors (Lipinski definition) is 4. The number of aromatic nitrogens is 1. The van der Waals surface area contributed by atoms with Crippen LogP contribution in [0, 0.1) is 19.8 Å². The van der Waals surface area contributed by atoms with E-state index in [1.165, 1.54) is 48.1 Å². The molecule has 4 heteroatoms. The molecule has 1 unspecified atom stereocenters. The van der Waals surface area contributed by atoms with Gasteiger partial charge in [-0.3, -0.25) is 4.90 Å². The van der Waals surface area contributed by atoms with Gasteiger partial charge >= 0.3 is 0 Å². The molecule has 102 valence electrons. The van der Waals surface area contributed by atoms with Gasteiger partial charge in [-0.25, -0.2) is 4.98 Å². The smallest absolute Gasteiger partial charge is 0.0900 e. The Balaban J connectivity index is 1.90. The molecule has 1 atom stereocenters. The number of nitrogens with one attached hydrogen (secondary N) is 1. The summed E-state index contributed by atoms with van der Waals surface area (Å²) in [4.78, 5) is 8.53. The fourth-order valence-electron chi connectivity index (χ4n) is 2.67. The molecule has 2 heterocycles. The number of piperidine rings is 1. The summed E-state index contributed by atoms with van der Waals surface area (Å²) in [6.07, 6.45) is 2.71. The van der Waals surface area contributed by atoms with Crippen molar-refractivity contribution >= 4 is 11.3 Å². The lowest BCUT2D eigenvalue weighted by Crippen LogP contribution is -2.38. The Morgan fingerprint density at radius 3 is 2.83 bits per heavy atom. The number of hydrogen-bond donors (Lipinski definition) is 1. The Kier molecular flexibility index (Phi) is 5.15. The van der Waals surface area contributed by atoms with Gasteiger partial charge in [0, 0.05) is 18.0 Å². The van der Waals surface area contributed by atoms with Crippen molar-refractivity contribution in [2.45, 2.75) is 40.2 Å². The summed E-state index contributed by atoms with van der Waals surface area (Å²) in [5.41, 5.74) is 1.22. The third-order valence-corrected chi connectivity index (χ3v) is 4.79. The van der Waals surface area contributed by atoms with Gasteiger partial charge in [0.2, 0.25) is 0 Å². The predicted molar refractivity (Wildman–Crippen MR) is 78.1 cm³/mol. The maximum absolute atomic E-state index is 4.52. The third kappa shape index (κ3) is 3.77. The molecule has 1 N–H and O–H groups in total. The number of thiazole rings is 1. The van der Waals surface area contributed by atoms with Crippen LogP contribution in [0.5, 0.6) is 0 Å². The standard InChI is InChI=1S/C14H25N3S/c1-4-17(9-13-6-5-7-15-8-13)10-14-11(2)16-12(3)18-14/h13,15H,4-10H2,1-3H3. The minimum atomic E-state index is 0.827. The molecule has 0 radical (unpaired) electrons. The zero-order valence-electron chi connectivity index (χ0n) is 11.8. The molecule has 0 saturated carbocycles. The van der Waals surface area contributed by atoms with Crippen molar-refractivity contribution < 1.29 is 0 Å². The van der Waals surface area contributed by atoms with Gasteiger partial charge in [-0.15, -0.1) is 11.3 Å². The molecule has 3 nitrogen and oxygen atoms in total. The van der Waals surface area contributed by atoms with E-state index in [1.54, 1.807) is 0 Å². The van der Waals surface area contributed by atoms with Crippen molar-refractivity contribution in [2.75, 3.05) is 26.2 Å². The van der Waals surface area contributed by atoms with Crippen LogP contribution in [0.3, 0.4) is 0 Å². The Morgan fingerprint density at radius 1 is 1.44 bits per heavy atom. The quantitative estimate of drug-likeness (QED) is 0.889. The van der Waals surface area contributed by atoms with Crippen LogP contribution in [0.2, 0.25) is 0 Å². The fraction of sp³-hybridized carbons (Fsp3) is 0.786. The maximum atomic E-state index is 4.52. The van der Waals surface area contributed by atoms with Crippen molar-refractivity contribution in [1.82, 2.24) is 15.2 Å². The van der Waals surface area contributed by atoms with Crippen LogP contribution in [0.1, 0.15) is 35.3 Å². The largest absolute Gasteiger partial charge is 0.316 e. The summed E-state index contributed by atoms with van der Waals surface area (Å²) in [5, 5.41) is 4.70. The van der Waals surface area contributed by atoms with Gasteiger partial charge in [-0.05, 0) is 52.2 Å². The first kappa shape index (κ1) is 14.0. The van der Waals surface area contributed by atoms with Crippen molar-refractivity contribution in [2.24, 2.45) is 5.92 Å². The Morgan fingerprint density at radius 2 is 2.28 bits per heavy atom. The number of rotatable bonds is 5. The van der Waals surface area contributed by atoms with Crippen LogP contribution in [0.25, 0.3) is 0 Å². The molecular weight excluding hydrogens is 242 g/mol. The summed E-state index contributed by atoms with van der Waals surface area (Å²) in [6.45, 7) is 12.3. The number of aryl methyl sites for hydroxylation is 2. The summed E-state index contributed by atoms with van der Waals surface area (Å²) in [6, 6.07) is 0. The second-order valence-corrected chi connectivity index (χ2v) is 6.57. The molecule has 0 aromatic carbocycles. The lowest BCUT2D eigenvalue weighted by molar-refractivity contribution is 0.211. The normalized spacial score (nSPS) is 20.6. The molecule has 1 fully saturated rings. The van der Waals surface area contributed by atoms with E-state index in [4.69, 9.17) is 0 Å². The first-order valence-corrected chi connectivity index (χ1v) is 7.86. The maximum Gasteiger partial charge on any atom is 0.0900 e. The van der Waals surface area contributed by atoms with Gasteiger partial charge in [-0.2, -0.15) is 0 Å². The molecular formula is C14H25N3S. The van der Waals surface area contributed by atoms with Crippen molar-refractivity contribution in [1.29, 1.82) is 0 Å². The molecule has 0 bridgehead atoms. The first-order valence-electron chi connectivity index (χ1n) is 7.05. The Bertz CT molecular complexity index is 369. The monoisotopic (exact) mass is 267 g/mol. The van der Waals surface area contributed by atoms with Gasteiger partial charge in [-0.1, -0.05) is 6.92 Å². The first-order chi connectivity index (χ1) is 8.69. The van der Waals surface area contributed by atoms with Crippen molar-refractivity contribution in [3.05, 3.63) is 15.6 Å². The van der Waals surface area contributed by atoms with Crippen LogP contribution in [0.15, 0.2) is 0 Å². The summed E-state index contributed by atoms with van der Waals surface area (Å²) < 4.78 is 0. The second kappa shape index (κ2) is 6.64. The highest BCUT2D eigenvalue weighted by atomic mass is 32.1. The van der Waals surface area contributed by atoms with E-state index in [0.29, 0.717) is 0 Å². The lowest BCUT2D eigenvalue weighted by atomic mass is 9.99. The second-order valence-electron chi connectivity index (χ2n) is 5.28. The van der Waals surface area contributed by atoms with Crippen LogP contribution < -0.4 is 5.32 Å². The zero-order valence-corrected chi connectivity index (χ0v) is 12.6. The molecule has 1 aromatic heterocycles. The molecule has 18 heavy (non-hydrogen) atoms. The minimum absolute atomic E-state index is 0.827. The molecule has 0 aliphatic carbocycles. The van der Waals surface area contributed by atoms with E-state index in [2.05, 4.69) is 36.0 Å². The summed E-state index contributed by atoms with van der Waals surface area (Å²) in [7, 11) is 0. The highest BCUT2D eigenvalue weighted by Gasteiger charge is 2.17.